The SMILES string of the molecule is Cc1ccccc1-c1nc(-c2ccc(NC(=O)CCOc3ccccc3)cc2)cs1. The molecular weight excluding hydrogens is 392 g/mol. The van der Waals surface area contributed by atoms with E-state index in [2.05, 4.69) is 29.8 Å². The van der Waals surface area contributed by atoms with E-state index in [1.54, 1.807) is 11.3 Å². The lowest BCUT2D eigenvalue weighted by atomic mass is 10.1. The Morgan fingerprint density at radius 2 is 1.70 bits per heavy atom. The summed E-state index contributed by atoms with van der Waals surface area (Å²) in [4.78, 5) is 16.9. The summed E-state index contributed by atoms with van der Waals surface area (Å²) in [5.74, 6) is 0.692. The highest BCUT2D eigenvalue weighted by atomic mass is 32.1. The van der Waals surface area contributed by atoms with E-state index in [9.17, 15) is 4.79 Å². The number of amides is 1. The third-order valence-electron chi connectivity index (χ3n) is 4.69. The van der Waals surface area contributed by atoms with Crippen molar-refractivity contribution in [1.82, 2.24) is 4.98 Å². The number of aryl methyl sites for hydroxylation is 1. The number of hydrogen-bond donors (Lipinski definition) is 1. The summed E-state index contributed by atoms with van der Waals surface area (Å²) >= 11 is 1.64. The fourth-order valence-corrected chi connectivity index (χ4v) is 3.99. The van der Waals surface area contributed by atoms with Gasteiger partial charge in [0.25, 0.3) is 0 Å². The molecule has 0 aliphatic heterocycles. The van der Waals surface area contributed by atoms with E-state index in [0.29, 0.717) is 13.0 Å². The number of anilines is 1. The summed E-state index contributed by atoms with van der Waals surface area (Å²) in [6.45, 7) is 2.44. The van der Waals surface area contributed by atoms with Crippen LogP contribution < -0.4 is 10.1 Å². The molecule has 4 nitrogen and oxygen atoms in total. The molecule has 0 spiro atoms. The van der Waals surface area contributed by atoms with Gasteiger partial charge < -0.3 is 10.1 Å². The van der Waals surface area contributed by atoms with Gasteiger partial charge in [-0.3, -0.25) is 4.79 Å². The first-order valence-corrected chi connectivity index (χ1v) is 10.7. The maximum absolute atomic E-state index is 12.1. The molecule has 0 aliphatic rings. The fraction of sp³-hybridized carbons (Fsp3) is 0.120. The van der Waals surface area contributed by atoms with Crippen molar-refractivity contribution in [1.29, 1.82) is 0 Å². The highest BCUT2D eigenvalue weighted by molar-refractivity contribution is 7.13. The zero-order valence-electron chi connectivity index (χ0n) is 16.7. The standard InChI is InChI=1S/C25H22N2O2S/c1-18-7-5-6-10-22(18)25-27-23(17-30-25)19-11-13-20(14-12-19)26-24(28)15-16-29-21-8-3-2-4-9-21/h2-14,17H,15-16H2,1H3,(H,26,28). The van der Waals surface area contributed by atoms with Gasteiger partial charge in [-0.2, -0.15) is 0 Å². The zero-order valence-corrected chi connectivity index (χ0v) is 17.5. The number of benzene rings is 3. The topological polar surface area (TPSA) is 51.2 Å². The molecule has 5 heteroatoms. The molecule has 1 N–H and O–H groups in total. The number of carbonyl (C=O) groups is 1. The molecule has 1 aromatic heterocycles. The van der Waals surface area contributed by atoms with Crippen LogP contribution in [0.5, 0.6) is 5.75 Å². The molecule has 1 heterocycles. The number of para-hydroxylation sites is 1. The molecule has 0 bridgehead atoms. The predicted octanol–water partition coefficient (Wildman–Crippen LogP) is 6.19. The van der Waals surface area contributed by atoms with Crippen molar-refractivity contribution in [3.63, 3.8) is 0 Å². The van der Waals surface area contributed by atoms with Crippen molar-refractivity contribution in [2.24, 2.45) is 0 Å². The van der Waals surface area contributed by atoms with E-state index in [4.69, 9.17) is 9.72 Å². The van der Waals surface area contributed by atoms with Crippen molar-refractivity contribution in [2.75, 3.05) is 11.9 Å². The second-order valence-corrected chi connectivity index (χ2v) is 7.75. The van der Waals surface area contributed by atoms with Gasteiger partial charge in [0.2, 0.25) is 5.91 Å². The smallest absolute Gasteiger partial charge is 0.227 e. The first kappa shape index (κ1) is 19.9. The number of aromatic nitrogens is 1. The Labute approximate surface area is 180 Å². The van der Waals surface area contributed by atoms with Crippen molar-refractivity contribution in [3.8, 4) is 27.6 Å². The van der Waals surface area contributed by atoms with E-state index in [0.717, 1.165) is 33.3 Å². The van der Waals surface area contributed by atoms with Crippen LogP contribution in [0.1, 0.15) is 12.0 Å². The minimum absolute atomic E-state index is 0.0748. The predicted molar refractivity (Wildman–Crippen MR) is 123 cm³/mol. The lowest BCUT2D eigenvalue weighted by molar-refractivity contribution is -0.116. The number of ether oxygens (including phenoxy) is 1. The summed E-state index contributed by atoms with van der Waals surface area (Å²) in [7, 11) is 0. The molecule has 30 heavy (non-hydrogen) atoms. The van der Waals surface area contributed by atoms with E-state index in [1.165, 1.54) is 5.56 Å². The number of nitrogens with zero attached hydrogens (tertiary/aromatic N) is 1. The summed E-state index contributed by atoms with van der Waals surface area (Å²) in [6.07, 6.45) is 0.294. The first-order chi connectivity index (χ1) is 14.7. The van der Waals surface area contributed by atoms with Gasteiger partial charge in [0.05, 0.1) is 18.7 Å². The Balaban J connectivity index is 1.34. The van der Waals surface area contributed by atoms with E-state index >= 15 is 0 Å². The van der Waals surface area contributed by atoms with Crippen molar-refractivity contribution in [2.45, 2.75) is 13.3 Å². The van der Waals surface area contributed by atoms with Crippen molar-refractivity contribution in [3.05, 3.63) is 89.8 Å². The summed E-state index contributed by atoms with van der Waals surface area (Å²) in [5, 5.41) is 5.99. The highest BCUT2D eigenvalue weighted by Gasteiger charge is 2.09. The minimum atomic E-state index is -0.0748. The third kappa shape index (κ3) is 4.93. The van der Waals surface area contributed by atoms with Gasteiger partial charge in [0, 0.05) is 22.2 Å². The number of carbonyl (C=O) groups excluding carboxylic acids is 1. The molecule has 3 aromatic carbocycles. The van der Waals surface area contributed by atoms with Crippen molar-refractivity contribution >= 4 is 22.9 Å². The fourth-order valence-electron chi connectivity index (χ4n) is 3.07. The maximum atomic E-state index is 12.1. The second kappa shape index (κ2) is 9.37. The molecular formula is C25H22N2O2S. The zero-order chi connectivity index (χ0) is 20.8. The molecule has 4 rings (SSSR count). The first-order valence-electron chi connectivity index (χ1n) is 9.79. The Morgan fingerprint density at radius 3 is 2.47 bits per heavy atom. The van der Waals surface area contributed by atoms with E-state index in [-0.39, 0.29) is 5.91 Å². The number of hydrogen-bond acceptors (Lipinski definition) is 4. The molecule has 0 unspecified atom stereocenters. The average molecular weight is 415 g/mol. The van der Waals surface area contributed by atoms with Crippen LogP contribution in [0, 0.1) is 6.92 Å². The van der Waals surface area contributed by atoms with E-state index < -0.39 is 0 Å². The second-order valence-electron chi connectivity index (χ2n) is 6.89. The molecule has 0 saturated heterocycles. The van der Waals surface area contributed by atoms with Gasteiger partial charge >= 0.3 is 0 Å². The molecule has 0 saturated carbocycles. The molecule has 1 amide bonds. The summed E-state index contributed by atoms with van der Waals surface area (Å²) in [6, 6.07) is 25.5. The third-order valence-corrected chi connectivity index (χ3v) is 5.56. The van der Waals surface area contributed by atoms with Crippen LogP contribution in [-0.4, -0.2) is 17.5 Å². The Hall–Kier alpha value is -3.44. The molecule has 0 atom stereocenters. The molecule has 4 aromatic rings. The van der Waals surface area contributed by atoms with E-state index in [1.807, 2.05) is 66.7 Å². The Kier molecular flexibility index (Phi) is 6.20. The van der Waals surface area contributed by atoms with Gasteiger partial charge in [-0.15, -0.1) is 11.3 Å². The average Bonchev–Trinajstić information content (AvgIpc) is 3.25. The van der Waals surface area contributed by atoms with Crippen molar-refractivity contribution < 1.29 is 9.53 Å². The summed E-state index contributed by atoms with van der Waals surface area (Å²) in [5.41, 5.74) is 5.10. The molecule has 150 valence electrons. The Morgan fingerprint density at radius 1 is 0.967 bits per heavy atom. The number of nitrogens with one attached hydrogen (secondary N) is 1. The normalized spacial score (nSPS) is 10.6. The molecule has 0 radical (unpaired) electrons. The maximum Gasteiger partial charge on any atom is 0.227 e. The number of thiazole rings is 1. The van der Waals surface area contributed by atoms with Gasteiger partial charge in [-0.1, -0.05) is 54.6 Å². The van der Waals surface area contributed by atoms with Crippen LogP contribution in [0.2, 0.25) is 0 Å². The lowest BCUT2D eigenvalue weighted by Crippen LogP contribution is -2.15. The van der Waals surface area contributed by atoms with Gasteiger partial charge in [-0.05, 0) is 36.8 Å². The molecule has 0 aliphatic carbocycles. The largest absolute Gasteiger partial charge is 0.493 e. The van der Waals surface area contributed by atoms with Crippen LogP contribution in [-0.2, 0) is 4.79 Å². The number of rotatable bonds is 7. The highest BCUT2D eigenvalue weighted by Crippen LogP contribution is 2.31. The summed E-state index contributed by atoms with van der Waals surface area (Å²) < 4.78 is 5.57. The lowest BCUT2D eigenvalue weighted by Gasteiger charge is -2.08. The van der Waals surface area contributed by atoms with Gasteiger partial charge in [0.15, 0.2) is 0 Å². The molecule has 0 fully saturated rings. The van der Waals surface area contributed by atoms with Crippen LogP contribution in [0.3, 0.4) is 0 Å². The Bertz CT molecular complexity index is 1120. The van der Waals surface area contributed by atoms with Gasteiger partial charge in [-0.25, -0.2) is 4.98 Å². The van der Waals surface area contributed by atoms with Crippen LogP contribution >= 0.6 is 11.3 Å². The minimum Gasteiger partial charge on any atom is -0.493 e. The van der Waals surface area contributed by atoms with Crippen LogP contribution in [0.4, 0.5) is 5.69 Å². The quantitative estimate of drug-likeness (QED) is 0.392. The van der Waals surface area contributed by atoms with Gasteiger partial charge in [0.1, 0.15) is 10.8 Å². The van der Waals surface area contributed by atoms with Crippen LogP contribution in [0.15, 0.2) is 84.2 Å². The monoisotopic (exact) mass is 414 g/mol. The van der Waals surface area contributed by atoms with Crippen LogP contribution in [0.25, 0.3) is 21.8 Å².